The van der Waals surface area contributed by atoms with Crippen molar-refractivity contribution in [3.05, 3.63) is 35.9 Å². The van der Waals surface area contributed by atoms with E-state index in [0.29, 0.717) is 5.92 Å². The number of rotatable bonds is 3. The molecule has 1 aromatic carbocycles. The number of amides is 1. The molecule has 1 fully saturated rings. The Kier molecular flexibility index (Phi) is 2.75. The summed E-state index contributed by atoms with van der Waals surface area (Å²) < 4.78 is 0. The van der Waals surface area contributed by atoms with Gasteiger partial charge in [-0.1, -0.05) is 37.3 Å². The summed E-state index contributed by atoms with van der Waals surface area (Å²) in [5.41, 5.74) is 0.873. The van der Waals surface area contributed by atoms with E-state index in [1.54, 1.807) is 0 Å². The molecule has 1 amide bonds. The van der Waals surface area contributed by atoms with E-state index >= 15 is 0 Å². The average Bonchev–Trinajstić information content (AvgIpc) is 2.96. The Bertz CT molecular complexity index is 383. The normalized spacial score (nSPS) is 23.9. The Hall–Kier alpha value is -1.31. The van der Waals surface area contributed by atoms with Gasteiger partial charge in [0.05, 0.1) is 5.54 Å². The fourth-order valence-corrected chi connectivity index (χ4v) is 2.02. The number of nitrogens with one attached hydrogen (secondary N) is 1. The Labute approximate surface area is 97.1 Å². The molecule has 0 aliphatic heterocycles. The highest BCUT2D eigenvalue weighted by Gasteiger charge is 2.40. The van der Waals surface area contributed by atoms with Gasteiger partial charge in [-0.05, 0) is 31.7 Å². The predicted octanol–water partition coefficient (Wildman–Crippen LogP) is 2.69. The second kappa shape index (κ2) is 3.93. The third-order valence-corrected chi connectivity index (χ3v) is 3.38. The summed E-state index contributed by atoms with van der Waals surface area (Å²) in [4.78, 5) is 11.9. The van der Waals surface area contributed by atoms with Gasteiger partial charge in [-0.15, -0.1) is 0 Å². The van der Waals surface area contributed by atoms with E-state index in [4.69, 9.17) is 0 Å². The molecule has 86 valence electrons. The number of carbonyl (C=O) groups excluding carboxylic acids is 1. The van der Waals surface area contributed by atoms with Gasteiger partial charge in [0.25, 0.3) is 0 Å². The molecule has 0 bridgehead atoms. The summed E-state index contributed by atoms with van der Waals surface area (Å²) in [5.74, 6) is 0.996. The van der Waals surface area contributed by atoms with Gasteiger partial charge in [0.2, 0.25) is 5.91 Å². The second-order valence-electron chi connectivity index (χ2n) is 5.30. The van der Waals surface area contributed by atoms with E-state index < -0.39 is 0 Å². The summed E-state index contributed by atoms with van der Waals surface area (Å²) >= 11 is 0. The van der Waals surface area contributed by atoms with Gasteiger partial charge in [-0.2, -0.15) is 0 Å². The third kappa shape index (κ3) is 2.26. The van der Waals surface area contributed by atoms with Gasteiger partial charge in [-0.25, -0.2) is 0 Å². The van der Waals surface area contributed by atoms with Crippen LogP contribution in [-0.2, 0) is 10.3 Å². The van der Waals surface area contributed by atoms with Crippen LogP contribution in [0.4, 0.5) is 0 Å². The minimum Gasteiger partial charge on any atom is -0.347 e. The highest BCUT2D eigenvalue weighted by Crippen LogP contribution is 2.38. The van der Waals surface area contributed by atoms with Gasteiger partial charge in [-0.3, -0.25) is 4.79 Å². The van der Waals surface area contributed by atoms with Crippen LogP contribution in [0.1, 0.15) is 32.8 Å². The van der Waals surface area contributed by atoms with E-state index in [9.17, 15) is 4.79 Å². The summed E-state index contributed by atoms with van der Waals surface area (Å²) in [6.07, 6.45) is 1.04. The molecule has 1 aromatic rings. The first kappa shape index (κ1) is 11.2. The zero-order chi connectivity index (χ0) is 11.8. The highest BCUT2D eigenvalue weighted by molar-refractivity contribution is 5.82. The SMILES string of the molecule is CC1CC1C(=O)NC(C)(C)c1ccccc1. The van der Waals surface area contributed by atoms with Crippen molar-refractivity contribution in [2.75, 3.05) is 0 Å². The lowest BCUT2D eigenvalue weighted by Gasteiger charge is -2.27. The smallest absolute Gasteiger partial charge is 0.224 e. The summed E-state index contributed by atoms with van der Waals surface area (Å²) in [5, 5.41) is 3.13. The van der Waals surface area contributed by atoms with E-state index in [1.807, 2.05) is 32.0 Å². The first-order chi connectivity index (χ1) is 7.50. The molecule has 0 aromatic heterocycles. The molecule has 0 heterocycles. The van der Waals surface area contributed by atoms with Crippen molar-refractivity contribution in [1.82, 2.24) is 5.32 Å². The Balaban J connectivity index is 2.05. The van der Waals surface area contributed by atoms with Gasteiger partial charge in [0.1, 0.15) is 0 Å². The fourth-order valence-electron chi connectivity index (χ4n) is 2.02. The van der Waals surface area contributed by atoms with Gasteiger partial charge in [0, 0.05) is 5.92 Å². The van der Waals surface area contributed by atoms with E-state index in [1.165, 1.54) is 0 Å². The van der Waals surface area contributed by atoms with Crippen molar-refractivity contribution in [1.29, 1.82) is 0 Å². The zero-order valence-corrected chi connectivity index (χ0v) is 10.2. The first-order valence-electron chi connectivity index (χ1n) is 5.88. The minimum atomic E-state index is -0.277. The van der Waals surface area contributed by atoms with E-state index in [-0.39, 0.29) is 17.4 Å². The molecule has 16 heavy (non-hydrogen) atoms. The number of benzene rings is 1. The maximum absolute atomic E-state index is 11.9. The van der Waals surface area contributed by atoms with Crippen LogP contribution in [0.25, 0.3) is 0 Å². The molecular weight excluding hydrogens is 198 g/mol. The van der Waals surface area contributed by atoms with Crippen molar-refractivity contribution in [3.63, 3.8) is 0 Å². The molecule has 2 atom stereocenters. The van der Waals surface area contributed by atoms with Crippen molar-refractivity contribution in [2.24, 2.45) is 11.8 Å². The Morgan fingerprint density at radius 2 is 1.88 bits per heavy atom. The molecule has 1 saturated carbocycles. The van der Waals surface area contributed by atoms with Crippen LogP contribution in [0.2, 0.25) is 0 Å². The quantitative estimate of drug-likeness (QED) is 0.828. The summed E-state index contributed by atoms with van der Waals surface area (Å²) in [7, 11) is 0. The number of hydrogen-bond donors (Lipinski definition) is 1. The highest BCUT2D eigenvalue weighted by atomic mass is 16.2. The largest absolute Gasteiger partial charge is 0.347 e. The van der Waals surface area contributed by atoms with Crippen LogP contribution in [0.15, 0.2) is 30.3 Å². The van der Waals surface area contributed by atoms with Crippen LogP contribution in [0.5, 0.6) is 0 Å². The van der Waals surface area contributed by atoms with E-state index in [0.717, 1.165) is 12.0 Å². The van der Waals surface area contributed by atoms with Crippen molar-refractivity contribution >= 4 is 5.91 Å². The lowest BCUT2D eigenvalue weighted by Crippen LogP contribution is -2.42. The topological polar surface area (TPSA) is 29.1 Å². The predicted molar refractivity (Wildman–Crippen MR) is 64.9 cm³/mol. The number of hydrogen-bond acceptors (Lipinski definition) is 1. The average molecular weight is 217 g/mol. The molecule has 0 saturated heterocycles. The monoisotopic (exact) mass is 217 g/mol. The maximum atomic E-state index is 11.9. The zero-order valence-electron chi connectivity index (χ0n) is 10.2. The fraction of sp³-hybridized carbons (Fsp3) is 0.500. The molecule has 2 heteroatoms. The summed E-state index contributed by atoms with van der Waals surface area (Å²) in [6.45, 7) is 6.22. The van der Waals surface area contributed by atoms with Crippen LogP contribution in [-0.4, -0.2) is 5.91 Å². The summed E-state index contributed by atoms with van der Waals surface area (Å²) in [6, 6.07) is 10.1. The Morgan fingerprint density at radius 3 is 2.38 bits per heavy atom. The van der Waals surface area contributed by atoms with Crippen LogP contribution < -0.4 is 5.32 Å². The van der Waals surface area contributed by atoms with Crippen molar-refractivity contribution in [3.8, 4) is 0 Å². The molecule has 1 N–H and O–H groups in total. The Morgan fingerprint density at radius 1 is 1.31 bits per heavy atom. The molecular formula is C14H19NO. The number of carbonyl (C=O) groups is 1. The van der Waals surface area contributed by atoms with Crippen molar-refractivity contribution in [2.45, 2.75) is 32.7 Å². The molecule has 0 spiro atoms. The van der Waals surface area contributed by atoms with Gasteiger partial charge in [0.15, 0.2) is 0 Å². The van der Waals surface area contributed by atoms with Gasteiger partial charge >= 0.3 is 0 Å². The standard InChI is InChI=1S/C14H19NO/c1-10-9-12(10)13(16)15-14(2,3)11-7-5-4-6-8-11/h4-8,10,12H,9H2,1-3H3,(H,15,16). The third-order valence-electron chi connectivity index (χ3n) is 3.38. The molecule has 1 aliphatic rings. The lowest BCUT2D eigenvalue weighted by molar-refractivity contribution is -0.124. The lowest BCUT2D eigenvalue weighted by atomic mass is 9.94. The maximum Gasteiger partial charge on any atom is 0.224 e. The molecule has 2 rings (SSSR count). The molecule has 0 radical (unpaired) electrons. The second-order valence-corrected chi connectivity index (χ2v) is 5.30. The van der Waals surface area contributed by atoms with Crippen molar-refractivity contribution < 1.29 is 4.79 Å². The van der Waals surface area contributed by atoms with Gasteiger partial charge < -0.3 is 5.32 Å². The van der Waals surface area contributed by atoms with Crippen LogP contribution in [0, 0.1) is 11.8 Å². The van der Waals surface area contributed by atoms with Crippen LogP contribution >= 0.6 is 0 Å². The molecule has 2 unspecified atom stereocenters. The minimum absolute atomic E-state index is 0.196. The van der Waals surface area contributed by atoms with E-state index in [2.05, 4.69) is 24.4 Å². The molecule has 1 aliphatic carbocycles. The first-order valence-corrected chi connectivity index (χ1v) is 5.88. The van der Waals surface area contributed by atoms with Crippen LogP contribution in [0.3, 0.4) is 0 Å². The molecule has 2 nitrogen and oxygen atoms in total.